The third-order valence-corrected chi connectivity index (χ3v) is 3.75. The van der Waals surface area contributed by atoms with Gasteiger partial charge in [-0.3, -0.25) is 4.79 Å². The van der Waals surface area contributed by atoms with Crippen molar-refractivity contribution in [2.45, 2.75) is 18.9 Å². The highest BCUT2D eigenvalue weighted by molar-refractivity contribution is 5.94. The minimum Gasteiger partial charge on any atom is -0.491 e. The fourth-order valence-electron chi connectivity index (χ4n) is 2.39. The van der Waals surface area contributed by atoms with Gasteiger partial charge in [0.05, 0.1) is 12.6 Å². The van der Waals surface area contributed by atoms with Gasteiger partial charge in [-0.25, -0.2) is 0 Å². The fraction of sp³-hybridized carbons (Fsp3) is 0.562. The molecule has 1 aromatic carbocycles. The van der Waals surface area contributed by atoms with Crippen LogP contribution in [0.25, 0.3) is 0 Å². The summed E-state index contributed by atoms with van der Waals surface area (Å²) < 4.78 is 15.7. The Morgan fingerprint density at radius 3 is 2.64 bits per heavy atom. The van der Waals surface area contributed by atoms with Crippen LogP contribution in [0.1, 0.15) is 12.8 Å². The maximum absolute atomic E-state index is 12.2. The Morgan fingerprint density at radius 1 is 1.32 bits per heavy atom. The Morgan fingerprint density at radius 2 is 2.00 bits per heavy atom. The van der Waals surface area contributed by atoms with Gasteiger partial charge in [-0.05, 0) is 43.0 Å². The summed E-state index contributed by atoms with van der Waals surface area (Å²) in [5, 5.41) is 2.85. The second-order valence-corrected chi connectivity index (χ2v) is 5.33. The number of benzene rings is 1. The van der Waals surface area contributed by atoms with Gasteiger partial charge in [0.1, 0.15) is 12.4 Å². The molecule has 22 heavy (non-hydrogen) atoms. The molecule has 1 amide bonds. The van der Waals surface area contributed by atoms with Crippen LogP contribution >= 0.6 is 0 Å². The Labute approximate surface area is 130 Å². The smallest absolute Gasteiger partial charge is 0.241 e. The van der Waals surface area contributed by atoms with Crippen LogP contribution in [0.3, 0.4) is 0 Å². The lowest BCUT2D eigenvalue weighted by Crippen LogP contribution is -2.43. The molecule has 0 bridgehead atoms. The van der Waals surface area contributed by atoms with Gasteiger partial charge in [-0.2, -0.15) is 0 Å². The summed E-state index contributed by atoms with van der Waals surface area (Å²) in [5.74, 6) is 0.772. The van der Waals surface area contributed by atoms with Crippen molar-refractivity contribution < 1.29 is 19.0 Å². The first-order valence-electron chi connectivity index (χ1n) is 7.56. The SMILES string of the molecule is COCCOc1ccc(NC(=O)C(N)C2CCOCC2)cc1. The first kappa shape index (κ1) is 16.7. The monoisotopic (exact) mass is 308 g/mol. The average molecular weight is 308 g/mol. The molecule has 1 fully saturated rings. The Balaban J connectivity index is 1.82. The number of nitrogens with two attached hydrogens (primary N) is 1. The van der Waals surface area contributed by atoms with Crippen LogP contribution in [0.5, 0.6) is 5.75 Å². The molecule has 0 aliphatic carbocycles. The lowest BCUT2D eigenvalue weighted by atomic mass is 9.92. The molecular formula is C16H24N2O4. The molecule has 2 rings (SSSR count). The first-order valence-corrected chi connectivity index (χ1v) is 7.56. The Kier molecular flexibility index (Phi) is 6.64. The number of ether oxygens (including phenoxy) is 3. The number of carbonyl (C=O) groups is 1. The minimum atomic E-state index is -0.499. The zero-order chi connectivity index (χ0) is 15.8. The topological polar surface area (TPSA) is 82.8 Å². The highest BCUT2D eigenvalue weighted by atomic mass is 16.5. The molecule has 6 heteroatoms. The molecule has 1 unspecified atom stereocenters. The molecule has 0 saturated carbocycles. The predicted octanol–water partition coefficient (Wildman–Crippen LogP) is 1.40. The zero-order valence-corrected chi connectivity index (χ0v) is 12.9. The standard InChI is InChI=1S/C16H24N2O4/c1-20-10-11-22-14-4-2-13(3-5-14)18-16(19)15(17)12-6-8-21-9-7-12/h2-5,12,15H,6-11,17H2,1H3,(H,18,19). The Hall–Kier alpha value is -1.63. The summed E-state index contributed by atoms with van der Waals surface area (Å²) >= 11 is 0. The van der Waals surface area contributed by atoms with Crippen LogP contribution in [-0.2, 0) is 14.3 Å². The van der Waals surface area contributed by atoms with Gasteiger partial charge in [0.15, 0.2) is 0 Å². The van der Waals surface area contributed by atoms with Crippen LogP contribution in [0.2, 0.25) is 0 Å². The van der Waals surface area contributed by atoms with E-state index in [0.717, 1.165) is 18.6 Å². The minimum absolute atomic E-state index is 0.153. The van der Waals surface area contributed by atoms with Crippen molar-refractivity contribution in [3.8, 4) is 5.75 Å². The van der Waals surface area contributed by atoms with Crippen molar-refractivity contribution in [3.63, 3.8) is 0 Å². The van der Waals surface area contributed by atoms with Crippen LogP contribution in [-0.4, -0.2) is 45.5 Å². The number of hydrogen-bond donors (Lipinski definition) is 2. The number of hydrogen-bond acceptors (Lipinski definition) is 5. The van der Waals surface area contributed by atoms with Gasteiger partial charge in [0.2, 0.25) is 5.91 Å². The Bertz CT molecular complexity index is 458. The van der Waals surface area contributed by atoms with E-state index in [-0.39, 0.29) is 11.8 Å². The van der Waals surface area contributed by atoms with E-state index in [2.05, 4.69) is 5.32 Å². The van der Waals surface area contributed by atoms with Crippen molar-refractivity contribution in [2.24, 2.45) is 11.7 Å². The van der Waals surface area contributed by atoms with Gasteiger partial charge in [0.25, 0.3) is 0 Å². The van der Waals surface area contributed by atoms with E-state index < -0.39 is 6.04 Å². The van der Waals surface area contributed by atoms with E-state index in [0.29, 0.717) is 32.1 Å². The lowest BCUT2D eigenvalue weighted by Gasteiger charge is -2.26. The first-order chi connectivity index (χ1) is 10.7. The molecular weight excluding hydrogens is 284 g/mol. The molecule has 6 nitrogen and oxygen atoms in total. The second kappa shape index (κ2) is 8.73. The number of amides is 1. The van der Waals surface area contributed by atoms with E-state index in [1.807, 2.05) is 12.1 Å². The molecule has 122 valence electrons. The molecule has 1 aliphatic heterocycles. The van der Waals surface area contributed by atoms with Crippen molar-refractivity contribution in [3.05, 3.63) is 24.3 Å². The van der Waals surface area contributed by atoms with E-state index >= 15 is 0 Å². The zero-order valence-electron chi connectivity index (χ0n) is 12.9. The average Bonchev–Trinajstić information content (AvgIpc) is 2.57. The summed E-state index contributed by atoms with van der Waals surface area (Å²) in [5.41, 5.74) is 6.76. The van der Waals surface area contributed by atoms with E-state index in [1.54, 1.807) is 19.2 Å². The van der Waals surface area contributed by atoms with Crippen LogP contribution in [0, 0.1) is 5.92 Å². The van der Waals surface area contributed by atoms with Crippen LogP contribution in [0.15, 0.2) is 24.3 Å². The van der Waals surface area contributed by atoms with Gasteiger partial charge in [-0.1, -0.05) is 0 Å². The number of carbonyl (C=O) groups excluding carboxylic acids is 1. The largest absolute Gasteiger partial charge is 0.491 e. The van der Waals surface area contributed by atoms with Gasteiger partial charge >= 0.3 is 0 Å². The van der Waals surface area contributed by atoms with Crippen molar-refractivity contribution in [1.29, 1.82) is 0 Å². The third-order valence-electron chi connectivity index (χ3n) is 3.75. The maximum atomic E-state index is 12.2. The molecule has 0 radical (unpaired) electrons. The van der Waals surface area contributed by atoms with Gasteiger partial charge in [0, 0.05) is 26.0 Å². The molecule has 1 atom stereocenters. The lowest BCUT2D eigenvalue weighted by molar-refractivity contribution is -0.119. The molecule has 3 N–H and O–H groups in total. The van der Waals surface area contributed by atoms with E-state index in [1.165, 1.54) is 0 Å². The second-order valence-electron chi connectivity index (χ2n) is 5.33. The molecule has 0 spiro atoms. The van der Waals surface area contributed by atoms with Gasteiger partial charge in [-0.15, -0.1) is 0 Å². The number of rotatable bonds is 7. The van der Waals surface area contributed by atoms with Crippen molar-refractivity contribution in [2.75, 3.05) is 38.9 Å². The molecule has 1 aliphatic rings. The molecule has 1 aromatic rings. The number of anilines is 1. The van der Waals surface area contributed by atoms with Crippen LogP contribution < -0.4 is 15.8 Å². The summed E-state index contributed by atoms with van der Waals surface area (Å²) in [7, 11) is 1.63. The van der Waals surface area contributed by atoms with E-state index in [4.69, 9.17) is 19.9 Å². The summed E-state index contributed by atoms with van der Waals surface area (Å²) in [6.07, 6.45) is 1.67. The summed E-state index contributed by atoms with van der Waals surface area (Å²) in [6.45, 7) is 2.40. The maximum Gasteiger partial charge on any atom is 0.241 e. The predicted molar refractivity (Wildman–Crippen MR) is 84.0 cm³/mol. The van der Waals surface area contributed by atoms with Crippen molar-refractivity contribution in [1.82, 2.24) is 0 Å². The fourth-order valence-corrected chi connectivity index (χ4v) is 2.39. The van der Waals surface area contributed by atoms with Gasteiger partial charge < -0.3 is 25.3 Å². The quantitative estimate of drug-likeness (QED) is 0.744. The molecule has 1 heterocycles. The normalized spacial score (nSPS) is 17.0. The van der Waals surface area contributed by atoms with Crippen molar-refractivity contribution >= 4 is 11.6 Å². The third kappa shape index (κ3) is 4.98. The van der Waals surface area contributed by atoms with E-state index in [9.17, 15) is 4.79 Å². The highest BCUT2D eigenvalue weighted by Gasteiger charge is 2.26. The summed E-state index contributed by atoms with van der Waals surface area (Å²) in [6, 6.07) is 6.73. The molecule has 0 aromatic heterocycles. The summed E-state index contributed by atoms with van der Waals surface area (Å²) in [4.78, 5) is 12.2. The molecule has 1 saturated heterocycles. The highest BCUT2D eigenvalue weighted by Crippen LogP contribution is 2.20. The number of nitrogens with one attached hydrogen (secondary N) is 1. The van der Waals surface area contributed by atoms with Crippen LogP contribution in [0.4, 0.5) is 5.69 Å². The number of methoxy groups -OCH3 is 1.